The van der Waals surface area contributed by atoms with E-state index < -0.39 is 0 Å². The maximum atomic E-state index is 5.87. The summed E-state index contributed by atoms with van der Waals surface area (Å²) in [6.07, 6.45) is 1.77. The van der Waals surface area contributed by atoms with Gasteiger partial charge in [0.25, 0.3) is 0 Å². The monoisotopic (exact) mass is 328 g/mol. The Kier molecular flexibility index (Phi) is 3.67. The number of hydrogen-bond acceptors (Lipinski definition) is 3. The molecule has 0 unspecified atom stereocenters. The quantitative estimate of drug-likeness (QED) is 0.781. The Morgan fingerprint density at radius 2 is 1.70 bits per heavy atom. The Balaban J connectivity index is 2.06. The highest BCUT2D eigenvalue weighted by atomic mass is 79.9. The molecule has 0 amide bonds. The van der Waals surface area contributed by atoms with E-state index in [1.165, 1.54) is 0 Å². The van der Waals surface area contributed by atoms with Crippen LogP contribution in [0.4, 0.5) is 0 Å². The van der Waals surface area contributed by atoms with Gasteiger partial charge in [0.2, 0.25) is 5.88 Å². The average molecular weight is 329 g/mol. The topological polar surface area (TPSA) is 48.1 Å². The van der Waals surface area contributed by atoms with Gasteiger partial charge in [-0.2, -0.15) is 0 Å². The molecule has 0 saturated carbocycles. The average Bonchev–Trinajstić information content (AvgIpc) is 2.50. The first-order chi connectivity index (χ1) is 9.78. The van der Waals surface area contributed by atoms with Gasteiger partial charge in [-0.3, -0.25) is 0 Å². The highest BCUT2D eigenvalue weighted by Gasteiger charge is 2.08. The van der Waals surface area contributed by atoms with Gasteiger partial charge < -0.3 is 10.5 Å². The van der Waals surface area contributed by atoms with E-state index in [9.17, 15) is 0 Å². The highest BCUT2D eigenvalue weighted by molar-refractivity contribution is 9.10. The van der Waals surface area contributed by atoms with E-state index in [2.05, 4.69) is 20.9 Å². The van der Waals surface area contributed by atoms with Crippen molar-refractivity contribution in [2.24, 2.45) is 5.73 Å². The van der Waals surface area contributed by atoms with Crippen LogP contribution in [-0.2, 0) is 6.54 Å². The molecular formula is C16H13BrN2O. The lowest BCUT2D eigenvalue weighted by molar-refractivity contribution is 0.469. The van der Waals surface area contributed by atoms with E-state index in [0.29, 0.717) is 12.4 Å². The molecule has 100 valence electrons. The molecule has 2 aromatic carbocycles. The van der Waals surface area contributed by atoms with Crippen molar-refractivity contribution >= 4 is 26.7 Å². The Bertz CT molecular complexity index is 741. The normalized spacial score (nSPS) is 10.7. The summed E-state index contributed by atoms with van der Waals surface area (Å²) >= 11 is 3.40. The van der Waals surface area contributed by atoms with Crippen LogP contribution in [-0.4, -0.2) is 4.98 Å². The molecule has 0 spiro atoms. The zero-order valence-electron chi connectivity index (χ0n) is 10.7. The smallest absolute Gasteiger partial charge is 0.227 e. The fraction of sp³-hybridized carbons (Fsp3) is 0.0625. The van der Waals surface area contributed by atoms with Gasteiger partial charge in [-0.05, 0) is 41.3 Å². The number of halogens is 1. The van der Waals surface area contributed by atoms with Crippen molar-refractivity contribution in [2.75, 3.05) is 0 Å². The summed E-state index contributed by atoms with van der Waals surface area (Å²) in [7, 11) is 0. The zero-order chi connectivity index (χ0) is 13.9. The van der Waals surface area contributed by atoms with Crippen LogP contribution in [0.2, 0.25) is 0 Å². The number of benzene rings is 2. The third-order valence-electron chi connectivity index (χ3n) is 3.09. The minimum Gasteiger partial charge on any atom is -0.438 e. The predicted molar refractivity (Wildman–Crippen MR) is 83.9 cm³/mol. The molecule has 1 aromatic heterocycles. The molecule has 3 aromatic rings. The Hall–Kier alpha value is -1.91. The van der Waals surface area contributed by atoms with Gasteiger partial charge in [0.1, 0.15) is 5.75 Å². The first-order valence-electron chi connectivity index (χ1n) is 6.28. The first kappa shape index (κ1) is 13.1. The minimum atomic E-state index is 0.464. The van der Waals surface area contributed by atoms with Gasteiger partial charge in [-0.25, -0.2) is 4.98 Å². The van der Waals surface area contributed by atoms with Gasteiger partial charge in [0.15, 0.2) is 0 Å². The fourth-order valence-electron chi connectivity index (χ4n) is 2.08. The molecule has 0 aliphatic carbocycles. The molecule has 1 heterocycles. The Morgan fingerprint density at radius 3 is 2.40 bits per heavy atom. The Morgan fingerprint density at radius 1 is 1.00 bits per heavy atom. The summed E-state index contributed by atoms with van der Waals surface area (Å²) in [5.41, 5.74) is 6.77. The van der Waals surface area contributed by atoms with Gasteiger partial charge >= 0.3 is 0 Å². The van der Waals surface area contributed by atoms with Crippen molar-refractivity contribution in [1.82, 2.24) is 4.98 Å². The minimum absolute atomic E-state index is 0.464. The summed E-state index contributed by atoms with van der Waals surface area (Å²) in [4.78, 5) is 4.38. The second-order valence-electron chi connectivity index (χ2n) is 4.39. The van der Waals surface area contributed by atoms with Crippen LogP contribution >= 0.6 is 15.9 Å². The Labute approximate surface area is 125 Å². The SMILES string of the molecule is NCc1cnc(Oc2ccc(Br)cc2)c2ccccc12. The molecule has 3 rings (SSSR count). The first-order valence-corrected chi connectivity index (χ1v) is 7.07. The summed E-state index contributed by atoms with van der Waals surface area (Å²) in [6, 6.07) is 15.7. The van der Waals surface area contributed by atoms with Gasteiger partial charge in [0.05, 0.1) is 0 Å². The van der Waals surface area contributed by atoms with Crippen molar-refractivity contribution in [2.45, 2.75) is 6.54 Å². The van der Waals surface area contributed by atoms with Crippen molar-refractivity contribution in [3.8, 4) is 11.6 Å². The lowest BCUT2D eigenvalue weighted by Crippen LogP contribution is -1.99. The van der Waals surface area contributed by atoms with Crippen LogP contribution in [0.5, 0.6) is 11.6 Å². The molecule has 20 heavy (non-hydrogen) atoms. The van der Waals surface area contributed by atoms with Crippen LogP contribution in [0.1, 0.15) is 5.56 Å². The number of hydrogen-bond donors (Lipinski definition) is 1. The number of aromatic nitrogens is 1. The van der Waals surface area contributed by atoms with Crippen molar-refractivity contribution in [3.05, 3.63) is 64.8 Å². The molecule has 0 aliphatic rings. The number of nitrogens with two attached hydrogens (primary N) is 1. The van der Waals surface area contributed by atoms with Gasteiger partial charge in [0, 0.05) is 22.6 Å². The molecule has 3 nitrogen and oxygen atoms in total. The molecule has 0 bridgehead atoms. The van der Waals surface area contributed by atoms with E-state index in [1.54, 1.807) is 6.20 Å². The summed E-state index contributed by atoms with van der Waals surface area (Å²) in [6.45, 7) is 0.464. The summed E-state index contributed by atoms with van der Waals surface area (Å²) in [5, 5.41) is 2.05. The van der Waals surface area contributed by atoms with Crippen LogP contribution in [0.3, 0.4) is 0 Å². The second kappa shape index (κ2) is 5.61. The molecular weight excluding hydrogens is 316 g/mol. The van der Waals surface area contributed by atoms with Gasteiger partial charge in [-0.1, -0.05) is 34.1 Å². The van der Waals surface area contributed by atoms with E-state index >= 15 is 0 Å². The second-order valence-corrected chi connectivity index (χ2v) is 5.31. The van der Waals surface area contributed by atoms with Crippen LogP contribution in [0.25, 0.3) is 10.8 Å². The van der Waals surface area contributed by atoms with Gasteiger partial charge in [-0.15, -0.1) is 0 Å². The fourth-order valence-corrected chi connectivity index (χ4v) is 2.35. The standard InChI is InChI=1S/C16H13BrN2O/c17-12-5-7-13(8-6-12)20-16-15-4-2-1-3-14(15)11(9-18)10-19-16/h1-8,10H,9,18H2. The maximum Gasteiger partial charge on any atom is 0.227 e. The number of rotatable bonds is 3. The van der Waals surface area contributed by atoms with E-state index in [-0.39, 0.29) is 0 Å². The summed E-state index contributed by atoms with van der Waals surface area (Å²) in [5.74, 6) is 1.35. The van der Waals surface area contributed by atoms with Crippen LogP contribution < -0.4 is 10.5 Å². The lowest BCUT2D eigenvalue weighted by Gasteiger charge is -2.10. The van der Waals surface area contributed by atoms with Crippen molar-refractivity contribution in [1.29, 1.82) is 0 Å². The zero-order valence-corrected chi connectivity index (χ0v) is 12.3. The molecule has 0 fully saturated rings. The maximum absolute atomic E-state index is 5.87. The van der Waals surface area contributed by atoms with E-state index in [0.717, 1.165) is 26.6 Å². The number of ether oxygens (including phenoxy) is 1. The molecule has 0 radical (unpaired) electrons. The van der Waals surface area contributed by atoms with Crippen LogP contribution in [0.15, 0.2) is 59.2 Å². The van der Waals surface area contributed by atoms with E-state index in [1.807, 2.05) is 48.5 Å². The molecule has 4 heteroatoms. The summed E-state index contributed by atoms with van der Waals surface area (Å²) < 4.78 is 6.89. The lowest BCUT2D eigenvalue weighted by atomic mass is 10.1. The molecule has 0 saturated heterocycles. The van der Waals surface area contributed by atoms with Crippen LogP contribution in [0, 0.1) is 0 Å². The number of fused-ring (bicyclic) bond motifs is 1. The molecule has 0 atom stereocenters. The molecule has 0 aliphatic heterocycles. The predicted octanol–water partition coefficient (Wildman–Crippen LogP) is 4.25. The van der Waals surface area contributed by atoms with Crippen molar-refractivity contribution in [3.63, 3.8) is 0 Å². The van der Waals surface area contributed by atoms with E-state index in [4.69, 9.17) is 10.5 Å². The largest absolute Gasteiger partial charge is 0.438 e. The number of nitrogens with zero attached hydrogens (tertiary/aromatic N) is 1. The third kappa shape index (κ3) is 2.53. The third-order valence-corrected chi connectivity index (χ3v) is 3.62. The molecule has 2 N–H and O–H groups in total. The number of pyridine rings is 1. The van der Waals surface area contributed by atoms with Crippen molar-refractivity contribution < 1.29 is 4.74 Å². The highest BCUT2D eigenvalue weighted by Crippen LogP contribution is 2.30.